The van der Waals surface area contributed by atoms with Crippen LogP contribution in [0.2, 0.25) is 0 Å². The lowest BCUT2D eigenvalue weighted by Crippen LogP contribution is -2.08. The maximum atomic E-state index is 4.50. The highest BCUT2D eigenvalue weighted by molar-refractivity contribution is 9.10. The lowest BCUT2D eigenvalue weighted by molar-refractivity contribution is 1.13. The zero-order valence-corrected chi connectivity index (χ0v) is 18.0. The number of nitrogens with one attached hydrogen (secondary N) is 1. The smallest absolute Gasteiger partial charge is 0.143 e. The second-order valence-electron chi connectivity index (χ2n) is 6.12. The van der Waals surface area contributed by atoms with Gasteiger partial charge in [-0.25, -0.2) is 9.97 Å². The second kappa shape index (κ2) is 8.25. The lowest BCUT2D eigenvalue weighted by Gasteiger charge is -2.13. The normalized spacial score (nSPS) is 10.5. The topological polar surface area (TPSA) is 41.0 Å². The van der Waals surface area contributed by atoms with Crippen molar-refractivity contribution in [2.75, 3.05) is 24.3 Å². The van der Waals surface area contributed by atoms with Gasteiger partial charge in [-0.05, 0) is 42.0 Å². The van der Waals surface area contributed by atoms with Gasteiger partial charge in [-0.3, -0.25) is 0 Å². The van der Waals surface area contributed by atoms with E-state index in [4.69, 9.17) is 0 Å². The quantitative estimate of drug-likeness (QED) is 0.384. The van der Waals surface area contributed by atoms with E-state index < -0.39 is 0 Å². The van der Waals surface area contributed by atoms with Crippen molar-refractivity contribution in [1.29, 1.82) is 0 Å². The summed E-state index contributed by atoms with van der Waals surface area (Å²) in [7, 11) is 4.07. The van der Waals surface area contributed by atoms with Crippen LogP contribution in [0, 0.1) is 0 Å². The van der Waals surface area contributed by atoms with E-state index in [2.05, 4.69) is 90.0 Å². The maximum absolute atomic E-state index is 4.50. The van der Waals surface area contributed by atoms with Crippen LogP contribution in [-0.2, 0) is 0 Å². The Kier molecular flexibility index (Phi) is 5.99. The van der Waals surface area contributed by atoms with Crippen LogP contribution in [0.3, 0.4) is 0 Å². The van der Waals surface area contributed by atoms with E-state index in [9.17, 15) is 0 Å². The molecule has 0 saturated heterocycles. The predicted molar refractivity (Wildman–Crippen MR) is 122 cm³/mol. The first-order valence-electron chi connectivity index (χ1n) is 8.14. The Morgan fingerprint density at radius 1 is 0.963 bits per heavy atom. The van der Waals surface area contributed by atoms with Crippen LogP contribution in [0.4, 0.5) is 17.2 Å². The summed E-state index contributed by atoms with van der Waals surface area (Å²) in [4.78, 5) is 12.0. The molecule has 0 aliphatic heterocycles. The van der Waals surface area contributed by atoms with Crippen LogP contribution in [0.25, 0.3) is 21.3 Å². The van der Waals surface area contributed by atoms with Gasteiger partial charge in [-0.15, -0.1) is 23.7 Å². The summed E-state index contributed by atoms with van der Waals surface area (Å²) in [5.74, 6) is 0.826. The second-order valence-corrected chi connectivity index (χ2v) is 7.90. The van der Waals surface area contributed by atoms with E-state index in [1.54, 1.807) is 17.7 Å². The molecule has 0 saturated carbocycles. The molecule has 1 N–H and O–H groups in total. The largest absolute Gasteiger partial charge is 0.378 e. The fourth-order valence-corrected chi connectivity index (χ4v) is 3.97. The molecule has 0 unspecified atom stereocenters. The van der Waals surface area contributed by atoms with Crippen molar-refractivity contribution in [3.8, 4) is 11.1 Å². The molecule has 138 valence electrons. The average Bonchev–Trinajstić information content (AvgIpc) is 3.08. The van der Waals surface area contributed by atoms with Crippen LogP contribution >= 0.6 is 39.7 Å². The van der Waals surface area contributed by atoms with E-state index in [-0.39, 0.29) is 12.4 Å². The predicted octanol–water partition coefficient (Wildman–Crippen LogP) is 6.35. The van der Waals surface area contributed by atoms with Crippen molar-refractivity contribution in [3.05, 3.63) is 64.7 Å². The molecule has 0 atom stereocenters. The van der Waals surface area contributed by atoms with E-state index in [0.717, 1.165) is 43.0 Å². The van der Waals surface area contributed by atoms with Gasteiger partial charge >= 0.3 is 0 Å². The summed E-state index contributed by atoms with van der Waals surface area (Å²) in [6.45, 7) is 0. The minimum atomic E-state index is 0. The molecule has 0 aliphatic carbocycles. The van der Waals surface area contributed by atoms with Gasteiger partial charge in [-0.1, -0.05) is 28.1 Å². The third-order valence-corrected chi connectivity index (χ3v) is 5.59. The van der Waals surface area contributed by atoms with E-state index in [1.807, 2.05) is 14.1 Å². The minimum absolute atomic E-state index is 0. The van der Waals surface area contributed by atoms with Crippen LogP contribution in [0.15, 0.2) is 64.7 Å². The Labute approximate surface area is 176 Å². The Morgan fingerprint density at radius 2 is 1.67 bits per heavy atom. The monoisotopic (exact) mass is 460 g/mol. The average molecular weight is 462 g/mol. The summed E-state index contributed by atoms with van der Waals surface area (Å²) in [5.41, 5.74) is 4.46. The summed E-state index contributed by atoms with van der Waals surface area (Å²) in [5, 5.41) is 6.64. The van der Waals surface area contributed by atoms with Crippen molar-refractivity contribution < 1.29 is 0 Å². The van der Waals surface area contributed by atoms with Crippen LogP contribution in [-0.4, -0.2) is 24.1 Å². The SMILES string of the molecule is CN(C)c1ccc(Nc2ncnc3scc(-c4ccc(Br)cc4)c23)cc1.Cl. The zero-order chi connectivity index (χ0) is 18.1. The number of hydrogen-bond acceptors (Lipinski definition) is 5. The first-order valence-corrected chi connectivity index (χ1v) is 9.81. The number of fused-ring (bicyclic) bond motifs is 1. The number of hydrogen-bond donors (Lipinski definition) is 1. The Bertz CT molecular complexity index is 1050. The van der Waals surface area contributed by atoms with E-state index in [1.165, 1.54) is 0 Å². The highest BCUT2D eigenvalue weighted by Crippen LogP contribution is 2.37. The molecular formula is C20H18BrClN4S. The Morgan fingerprint density at radius 3 is 2.33 bits per heavy atom. The molecule has 0 bridgehead atoms. The number of rotatable bonds is 4. The fourth-order valence-electron chi connectivity index (χ4n) is 2.79. The maximum Gasteiger partial charge on any atom is 0.143 e. The van der Waals surface area contributed by atoms with Crippen LogP contribution in [0.1, 0.15) is 0 Å². The first kappa shape index (κ1) is 19.6. The molecule has 4 rings (SSSR count). The molecule has 27 heavy (non-hydrogen) atoms. The van der Waals surface area contributed by atoms with Crippen molar-refractivity contribution in [3.63, 3.8) is 0 Å². The van der Waals surface area contributed by atoms with Gasteiger partial charge in [-0.2, -0.15) is 0 Å². The van der Waals surface area contributed by atoms with Crippen molar-refractivity contribution in [2.45, 2.75) is 0 Å². The lowest BCUT2D eigenvalue weighted by atomic mass is 10.1. The van der Waals surface area contributed by atoms with Crippen LogP contribution in [0.5, 0.6) is 0 Å². The zero-order valence-electron chi connectivity index (χ0n) is 14.8. The minimum Gasteiger partial charge on any atom is -0.378 e. The van der Waals surface area contributed by atoms with Crippen molar-refractivity contribution >= 4 is 67.1 Å². The van der Waals surface area contributed by atoms with Gasteiger partial charge in [0, 0.05) is 40.9 Å². The first-order chi connectivity index (χ1) is 12.6. The third kappa shape index (κ3) is 4.08. The molecule has 0 radical (unpaired) electrons. The van der Waals surface area contributed by atoms with Gasteiger partial charge in [0.25, 0.3) is 0 Å². The van der Waals surface area contributed by atoms with Gasteiger partial charge in [0.2, 0.25) is 0 Å². The molecule has 4 nitrogen and oxygen atoms in total. The molecule has 4 aromatic rings. The number of anilines is 3. The fraction of sp³-hybridized carbons (Fsp3) is 0.100. The standard InChI is InChI=1S/C20H17BrN4S.ClH/c1-25(2)16-9-7-15(8-10-16)24-19-18-17(11-26-20(18)23-12-22-19)13-3-5-14(21)6-4-13;/h3-12H,1-2H3,(H,22,23,24);1H. The third-order valence-electron chi connectivity index (χ3n) is 4.17. The molecule has 0 spiro atoms. The number of thiophene rings is 1. The molecule has 7 heteroatoms. The van der Waals surface area contributed by atoms with Crippen molar-refractivity contribution in [1.82, 2.24) is 9.97 Å². The molecular weight excluding hydrogens is 444 g/mol. The van der Waals surface area contributed by atoms with Crippen molar-refractivity contribution in [2.24, 2.45) is 0 Å². The van der Waals surface area contributed by atoms with Gasteiger partial charge in [0.15, 0.2) is 0 Å². The Balaban J connectivity index is 0.00000210. The van der Waals surface area contributed by atoms with Gasteiger partial charge < -0.3 is 10.2 Å². The van der Waals surface area contributed by atoms with Crippen LogP contribution < -0.4 is 10.2 Å². The molecule has 0 amide bonds. The number of halogens is 2. The summed E-state index contributed by atoms with van der Waals surface area (Å²) >= 11 is 5.13. The molecule has 2 aromatic carbocycles. The number of aromatic nitrogens is 2. The Hall–Kier alpha value is -2.15. The highest BCUT2D eigenvalue weighted by Gasteiger charge is 2.13. The number of nitrogens with zero attached hydrogens (tertiary/aromatic N) is 3. The summed E-state index contributed by atoms with van der Waals surface area (Å²) in [6, 6.07) is 16.6. The van der Waals surface area contributed by atoms with E-state index >= 15 is 0 Å². The molecule has 2 heterocycles. The van der Waals surface area contributed by atoms with Gasteiger partial charge in [0.05, 0.1) is 5.39 Å². The highest BCUT2D eigenvalue weighted by atomic mass is 79.9. The summed E-state index contributed by atoms with van der Waals surface area (Å²) < 4.78 is 1.07. The summed E-state index contributed by atoms with van der Waals surface area (Å²) in [6.07, 6.45) is 1.61. The van der Waals surface area contributed by atoms with Gasteiger partial charge in [0.1, 0.15) is 17.0 Å². The van der Waals surface area contributed by atoms with E-state index in [0.29, 0.717) is 0 Å². The molecule has 0 fully saturated rings. The molecule has 0 aliphatic rings. The molecule has 2 aromatic heterocycles. The number of benzene rings is 2.